The van der Waals surface area contributed by atoms with E-state index in [2.05, 4.69) is 22.3 Å². The molecule has 146 valence electrons. The van der Waals surface area contributed by atoms with Gasteiger partial charge in [0.05, 0.1) is 29.1 Å². The maximum Gasteiger partial charge on any atom is 0.262 e. The molecule has 0 bridgehead atoms. The minimum Gasteiger partial charge on any atom is -0.464 e. The van der Waals surface area contributed by atoms with Gasteiger partial charge in [0.25, 0.3) is 5.91 Å². The van der Waals surface area contributed by atoms with Gasteiger partial charge in [-0.25, -0.2) is 0 Å². The normalized spacial score (nSPS) is 15.4. The second-order valence-electron chi connectivity index (χ2n) is 6.94. The molecule has 1 aliphatic heterocycles. The number of ether oxygens (including phenoxy) is 1. The molecule has 1 saturated heterocycles. The Morgan fingerprint density at radius 3 is 2.57 bits per heavy atom. The Labute approximate surface area is 168 Å². The number of anilines is 1. The molecule has 6 heteroatoms. The van der Waals surface area contributed by atoms with Crippen LogP contribution in [0.5, 0.6) is 0 Å². The number of hydrogen-bond donors (Lipinski definition) is 1. The second-order valence-corrected chi connectivity index (χ2v) is 7.97. The van der Waals surface area contributed by atoms with Gasteiger partial charge in [-0.15, -0.1) is 11.3 Å². The van der Waals surface area contributed by atoms with Gasteiger partial charge in [0.15, 0.2) is 0 Å². The molecule has 1 unspecified atom stereocenters. The van der Waals surface area contributed by atoms with E-state index in [-0.39, 0.29) is 11.9 Å². The molecule has 1 aliphatic rings. The Hall–Kier alpha value is -2.57. The summed E-state index contributed by atoms with van der Waals surface area (Å²) in [5.74, 6) is 1.52. The molecule has 1 aromatic carbocycles. The first-order chi connectivity index (χ1) is 13.6. The molecule has 1 amide bonds. The summed E-state index contributed by atoms with van der Waals surface area (Å²) in [4.78, 5) is 15.9. The lowest BCUT2D eigenvalue weighted by Crippen LogP contribution is -2.35. The Morgan fingerprint density at radius 2 is 1.89 bits per heavy atom. The van der Waals surface area contributed by atoms with E-state index < -0.39 is 0 Å². The Balaban J connectivity index is 1.61. The Kier molecular flexibility index (Phi) is 5.50. The molecular weight excluding hydrogens is 372 g/mol. The molecule has 5 nitrogen and oxygen atoms in total. The first-order valence-electron chi connectivity index (χ1n) is 9.51. The summed E-state index contributed by atoms with van der Waals surface area (Å²) in [6.45, 7) is 6.93. The number of carbonyl (C=O) groups is 1. The van der Waals surface area contributed by atoms with E-state index in [0.717, 1.165) is 40.7 Å². The minimum atomic E-state index is -0.185. The lowest BCUT2D eigenvalue weighted by Gasteiger charge is -2.28. The van der Waals surface area contributed by atoms with E-state index in [0.29, 0.717) is 18.1 Å². The van der Waals surface area contributed by atoms with Crippen molar-refractivity contribution < 1.29 is 13.9 Å². The summed E-state index contributed by atoms with van der Waals surface area (Å²) in [6, 6.07) is 15.9. The van der Waals surface area contributed by atoms with Crippen molar-refractivity contribution in [3.63, 3.8) is 0 Å². The largest absolute Gasteiger partial charge is 0.464 e. The topological polar surface area (TPSA) is 54.7 Å². The summed E-state index contributed by atoms with van der Waals surface area (Å²) in [6.07, 6.45) is 0. The third kappa shape index (κ3) is 3.98. The van der Waals surface area contributed by atoms with Crippen LogP contribution < -0.4 is 10.2 Å². The molecule has 1 N–H and O–H groups in total. The fourth-order valence-electron chi connectivity index (χ4n) is 3.34. The zero-order valence-corrected chi connectivity index (χ0v) is 16.9. The number of thiophene rings is 1. The average Bonchev–Trinajstić information content (AvgIpc) is 3.36. The molecule has 1 fully saturated rings. The monoisotopic (exact) mass is 396 g/mol. The van der Waals surface area contributed by atoms with Crippen LogP contribution in [0, 0.1) is 6.92 Å². The summed E-state index contributed by atoms with van der Waals surface area (Å²) in [5.41, 5.74) is 2.22. The molecule has 4 rings (SSSR count). The number of amides is 1. The van der Waals surface area contributed by atoms with Gasteiger partial charge in [0.1, 0.15) is 11.5 Å². The van der Waals surface area contributed by atoms with E-state index in [9.17, 15) is 4.79 Å². The van der Waals surface area contributed by atoms with Crippen LogP contribution in [0.4, 0.5) is 5.00 Å². The molecule has 3 aromatic rings. The first-order valence-corrected chi connectivity index (χ1v) is 10.3. The molecule has 0 radical (unpaired) electrons. The number of hydrogen-bond acceptors (Lipinski definition) is 5. The van der Waals surface area contributed by atoms with E-state index in [1.807, 2.05) is 50.2 Å². The fourth-order valence-corrected chi connectivity index (χ4v) is 4.48. The molecular formula is C22H24N2O3S. The average molecular weight is 397 g/mol. The van der Waals surface area contributed by atoms with Crippen LogP contribution in [0.1, 0.15) is 34.2 Å². The van der Waals surface area contributed by atoms with E-state index >= 15 is 0 Å². The predicted octanol–water partition coefficient (Wildman–Crippen LogP) is 4.64. The highest BCUT2D eigenvalue weighted by Gasteiger charge is 2.23. The molecule has 28 heavy (non-hydrogen) atoms. The highest BCUT2D eigenvalue weighted by molar-refractivity contribution is 7.18. The number of nitrogens with one attached hydrogen (secondary N) is 1. The van der Waals surface area contributed by atoms with Crippen LogP contribution in [0.3, 0.4) is 0 Å². The van der Waals surface area contributed by atoms with E-state index in [4.69, 9.17) is 9.15 Å². The van der Waals surface area contributed by atoms with Gasteiger partial charge in [-0.05, 0) is 37.6 Å². The van der Waals surface area contributed by atoms with Crippen LogP contribution in [0.25, 0.3) is 11.1 Å². The number of aryl methyl sites for hydroxylation is 1. The van der Waals surface area contributed by atoms with Crippen LogP contribution in [0.2, 0.25) is 0 Å². The number of nitrogens with zero attached hydrogens (tertiary/aromatic N) is 1. The van der Waals surface area contributed by atoms with Crippen molar-refractivity contribution in [2.45, 2.75) is 19.9 Å². The number of carbonyl (C=O) groups excluding carboxylic acids is 1. The van der Waals surface area contributed by atoms with Gasteiger partial charge in [0.2, 0.25) is 0 Å². The van der Waals surface area contributed by atoms with Gasteiger partial charge in [-0.3, -0.25) is 4.79 Å². The maximum absolute atomic E-state index is 12.9. The number of benzene rings is 1. The van der Waals surface area contributed by atoms with Crippen molar-refractivity contribution >= 4 is 22.2 Å². The zero-order chi connectivity index (χ0) is 19.5. The SMILES string of the molecule is Cc1ccc(C(C)NC(=O)c2cc(-c3ccccc3)c(N3CCOCC3)s2)o1. The highest BCUT2D eigenvalue weighted by atomic mass is 32.1. The number of rotatable bonds is 5. The zero-order valence-electron chi connectivity index (χ0n) is 16.1. The summed E-state index contributed by atoms with van der Waals surface area (Å²) >= 11 is 1.54. The summed E-state index contributed by atoms with van der Waals surface area (Å²) in [7, 11) is 0. The first kappa shape index (κ1) is 18.8. The maximum atomic E-state index is 12.9. The third-order valence-corrected chi connectivity index (χ3v) is 6.05. The van der Waals surface area contributed by atoms with Crippen molar-refractivity contribution in [1.29, 1.82) is 0 Å². The van der Waals surface area contributed by atoms with Crippen molar-refractivity contribution in [1.82, 2.24) is 5.32 Å². The number of morpholine rings is 1. The fraction of sp³-hybridized carbons (Fsp3) is 0.318. The lowest BCUT2D eigenvalue weighted by molar-refractivity contribution is 0.0939. The standard InChI is InChI=1S/C22H24N2O3S/c1-15-8-9-19(27-15)16(2)23-21(25)20-14-18(17-6-4-3-5-7-17)22(28-20)24-10-12-26-13-11-24/h3-9,14,16H,10-13H2,1-2H3,(H,23,25). The smallest absolute Gasteiger partial charge is 0.262 e. The summed E-state index contributed by atoms with van der Waals surface area (Å²) < 4.78 is 11.1. The predicted molar refractivity (Wildman–Crippen MR) is 112 cm³/mol. The van der Waals surface area contributed by atoms with Crippen LogP contribution in [0.15, 0.2) is 52.9 Å². The molecule has 2 aromatic heterocycles. The minimum absolute atomic E-state index is 0.0803. The molecule has 0 saturated carbocycles. The molecule has 0 spiro atoms. The molecule has 0 aliphatic carbocycles. The van der Waals surface area contributed by atoms with Gasteiger partial charge < -0.3 is 19.4 Å². The van der Waals surface area contributed by atoms with Crippen molar-refractivity contribution in [2.24, 2.45) is 0 Å². The Bertz CT molecular complexity index is 942. The Morgan fingerprint density at radius 1 is 1.14 bits per heavy atom. The molecule has 3 heterocycles. The van der Waals surface area contributed by atoms with Gasteiger partial charge in [0, 0.05) is 18.7 Å². The lowest BCUT2D eigenvalue weighted by atomic mass is 10.1. The highest BCUT2D eigenvalue weighted by Crippen LogP contribution is 2.39. The van der Waals surface area contributed by atoms with Gasteiger partial charge in [-0.1, -0.05) is 30.3 Å². The van der Waals surface area contributed by atoms with Crippen LogP contribution in [-0.2, 0) is 4.74 Å². The van der Waals surface area contributed by atoms with Crippen LogP contribution in [-0.4, -0.2) is 32.2 Å². The van der Waals surface area contributed by atoms with Crippen LogP contribution >= 0.6 is 11.3 Å². The van der Waals surface area contributed by atoms with E-state index in [1.165, 1.54) is 11.3 Å². The van der Waals surface area contributed by atoms with Gasteiger partial charge in [-0.2, -0.15) is 0 Å². The quantitative estimate of drug-likeness (QED) is 0.682. The van der Waals surface area contributed by atoms with E-state index in [1.54, 1.807) is 0 Å². The van der Waals surface area contributed by atoms with Crippen molar-refractivity contribution in [3.8, 4) is 11.1 Å². The second kappa shape index (κ2) is 8.20. The van der Waals surface area contributed by atoms with Gasteiger partial charge >= 0.3 is 0 Å². The number of furan rings is 1. The van der Waals surface area contributed by atoms with Crippen molar-refractivity contribution in [2.75, 3.05) is 31.2 Å². The third-order valence-electron chi connectivity index (χ3n) is 4.85. The molecule has 1 atom stereocenters. The summed E-state index contributed by atoms with van der Waals surface area (Å²) in [5, 5.41) is 4.18. The van der Waals surface area contributed by atoms with Crippen molar-refractivity contribution in [3.05, 3.63) is 64.9 Å².